The second kappa shape index (κ2) is 9.16. The molecule has 6 aromatic rings. The number of hydrogen-bond donors (Lipinski definition) is 0. The highest BCUT2D eigenvalue weighted by atomic mass is 31.2. The Balaban J connectivity index is 1.56. The lowest BCUT2D eigenvalue weighted by atomic mass is 10.1. The lowest BCUT2D eigenvalue weighted by Crippen LogP contribution is -2.29. The Labute approximate surface area is 215 Å². The quantitative estimate of drug-likeness (QED) is 0.247. The molecule has 2 heterocycles. The molecular weight excluding hydrogens is 473 g/mol. The van der Waals surface area contributed by atoms with E-state index < -0.39 is 7.14 Å². The van der Waals surface area contributed by atoms with E-state index >= 15 is 0 Å². The normalized spacial score (nSPS) is 11.6. The van der Waals surface area contributed by atoms with Gasteiger partial charge >= 0.3 is 0 Å². The van der Waals surface area contributed by atoms with Crippen molar-refractivity contribution in [1.29, 1.82) is 0 Å². The van der Waals surface area contributed by atoms with Crippen LogP contribution in [0.5, 0.6) is 0 Å². The second-order valence-electron chi connectivity index (χ2n) is 8.82. The van der Waals surface area contributed by atoms with Crippen molar-refractivity contribution in [3.8, 4) is 5.69 Å². The second-order valence-corrected chi connectivity index (χ2v) is 11.5. The monoisotopic (exact) mass is 497 g/mol. The molecule has 0 aliphatic carbocycles. The fraction of sp³-hybridized carbons (Fsp3) is 0. The number of rotatable bonds is 6. The smallest absolute Gasteiger partial charge is 0.206 e. The van der Waals surface area contributed by atoms with Gasteiger partial charge in [0.05, 0.1) is 29.1 Å². The fourth-order valence-electron chi connectivity index (χ4n) is 4.84. The summed E-state index contributed by atoms with van der Waals surface area (Å²) in [6, 6.07) is 31.5. The highest BCUT2D eigenvalue weighted by Gasteiger charge is 2.32. The Kier molecular flexibility index (Phi) is 5.67. The molecule has 0 atom stereocenters. The molecule has 0 aliphatic heterocycles. The van der Waals surface area contributed by atoms with E-state index in [9.17, 15) is 4.57 Å². The summed E-state index contributed by atoms with van der Waals surface area (Å²) >= 11 is 0. The number of aromatic nitrogens is 3. The molecule has 0 aliphatic rings. The maximum atomic E-state index is 14.6. The molecule has 0 amide bonds. The molecular formula is C32H24N3OP. The standard InChI is InChI=1S/C32H24N3OP/c1-3-23-15-17-30-28(19-23)29-20-24(4-2)16-18-31(29)35(30)25-21-33-32(34-22-25)37(36,26-11-7-5-8-12-26)27-13-9-6-10-14-27/h3-22H,1-2H2. The van der Waals surface area contributed by atoms with Gasteiger partial charge in [-0.2, -0.15) is 0 Å². The third kappa shape index (κ3) is 3.74. The number of benzene rings is 4. The molecule has 178 valence electrons. The van der Waals surface area contributed by atoms with Gasteiger partial charge < -0.3 is 9.13 Å². The van der Waals surface area contributed by atoms with Gasteiger partial charge in [-0.05, 0) is 35.4 Å². The van der Waals surface area contributed by atoms with Gasteiger partial charge in [-0.15, -0.1) is 0 Å². The minimum Gasteiger partial charge on any atom is -0.306 e. The molecule has 0 spiro atoms. The minimum absolute atomic E-state index is 0.317. The molecule has 5 heteroatoms. The lowest BCUT2D eigenvalue weighted by Gasteiger charge is -2.18. The number of fused-ring (bicyclic) bond motifs is 3. The van der Waals surface area contributed by atoms with Crippen molar-refractivity contribution >= 4 is 57.3 Å². The molecule has 0 N–H and O–H groups in total. The molecule has 37 heavy (non-hydrogen) atoms. The minimum atomic E-state index is -3.24. The van der Waals surface area contributed by atoms with E-state index in [0.29, 0.717) is 16.2 Å². The first kappa shape index (κ1) is 22.9. The maximum Gasteiger partial charge on any atom is 0.206 e. The van der Waals surface area contributed by atoms with Crippen LogP contribution in [0.25, 0.3) is 39.6 Å². The predicted molar refractivity (Wildman–Crippen MR) is 156 cm³/mol. The Morgan fingerprint density at radius 1 is 0.649 bits per heavy atom. The molecule has 0 unspecified atom stereocenters. The molecule has 0 bridgehead atoms. The van der Waals surface area contributed by atoms with E-state index in [1.54, 1.807) is 12.4 Å². The fourth-order valence-corrected chi connectivity index (χ4v) is 7.22. The van der Waals surface area contributed by atoms with Crippen LogP contribution in [0.4, 0.5) is 0 Å². The summed E-state index contributed by atoms with van der Waals surface area (Å²) in [5.41, 5.74) is 5.29. The highest BCUT2D eigenvalue weighted by molar-refractivity contribution is 7.84. The van der Waals surface area contributed by atoms with E-state index in [4.69, 9.17) is 9.97 Å². The van der Waals surface area contributed by atoms with E-state index in [1.807, 2.05) is 84.9 Å². The van der Waals surface area contributed by atoms with E-state index in [0.717, 1.165) is 38.6 Å². The van der Waals surface area contributed by atoms with Crippen LogP contribution < -0.4 is 16.2 Å². The predicted octanol–water partition coefficient (Wildman–Crippen LogP) is 6.50. The molecule has 0 radical (unpaired) electrons. The van der Waals surface area contributed by atoms with Crippen molar-refractivity contribution in [1.82, 2.24) is 14.5 Å². The Hall–Kier alpha value is -4.53. The zero-order valence-corrected chi connectivity index (χ0v) is 21.1. The molecule has 0 saturated carbocycles. The van der Waals surface area contributed by atoms with Gasteiger partial charge in [0.1, 0.15) is 0 Å². The van der Waals surface area contributed by atoms with Crippen molar-refractivity contribution in [3.63, 3.8) is 0 Å². The van der Waals surface area contributed by atoms with Gasteiger partial charge in [-0.3, -0.25) is 0 Å². The first-order valence-electron chi connectivity index (χ1n) is 12.0. The van der Waals surface area contributed by atoms with Gasteiger partial charge in [-0.25, -0.2) is 9.97 Å². The summed E-state index contributed by atoms with van der Waals surface area (Å²) in [6.07, 6.45) is 7.23. The Morgan fingerprint density at radius 2 is 1.11 bits per heavy atom. The average Bonchev–Trinajstić information content (AvgIpc) is 3.30. The van der Waals surface area contributed by atoms with Crippen LogP contribution in [0.3, 0.4) is 0 Å². The summed E-state index contributed by atoms with van der Waals surface area (Å²) in [5.74, 6) is 0. The van der Waals surface area contributed by atoms with Gasteiger partial charge in [0.25, 0.3) is 0 Å². The van der Waals surface area contributed by atoms with Crippen molar-refractivity contribution in [2.45, 2.75) is 0 Å². The zero-order valence-electron chi connectivity index (χ0n) is 20.2. The van der Waals surface area contributed by atoms with E-state index in [-0.39, 0.29) is 0 Å². The summed E-state index contributed by atoms with van der Waals surface area (Å²) < 4.78 is 16.8. The number of hydrogen-bond acceptors (Lipinski definition) is 3. The lowest BCUT2D eigenvalue weighted by molar-refractivity contribution is 0.591. The summed E-state index contributed by atoms with van der Waals surface area (Å²) in [6.45, 7) is 7.86. The van der Waals surface area contributed by atoms with Crippen molar-refractivity contribution < 1.29 is 4.57 Å². The molecule has 6 rings (SSSR count). The van der Waals surface area contributed by atoms with Crippen LogP contribution in [-0.4, -0.2) is 14.5 Å². The molecule has 0 saturated heterocycles. The summed E-state index contributed by atoms with van der Waals surface area (Å²) in [4.78, 5) is 9.43. The van der Waals surface area contributed by atoms with Crippen molar-refractivity contribution in [2.24, 2.45) is 0 Å². The summed E-state index contributed by atoms with van der Waals surface area (Å²) in [5, 5.41) is 3.64. The van der Waals surface area contributed by atoms with Crippen molar-refractivity contribution in [3.05, 3.63) is 134 Å². The van der Waals surface area contributed by atoms with E-state index in [1.165, 1.54) is 0 Å². The van der Waals surface area contributed by atoms with Gasteiger partial charge in [0.2, 0.25) is 7.14 Å². The maximum absolute atomic E-state index is 14.6. The van der Waals surface area contributed by atoms with Gasteiger partial charge in [-0.1, -0.05) is 98.1 Å². The Bertz CT molecular complexity index is 1710. The van der Waals surface area contributed by atoms with Crippen LogP contribution in [0, 0.1) is 0 Å². The molecule has 0 fully saturated rings. The topological polar surface area (TPSA) is 47.8 Å². The Morgan fingerprint density at radius 3 is 1.54 bits per heavy atom. The average molecular weight is 498 g/mol. The highest BCUT2D eigenvalue weighted by Crippen LogP contribution is 2.41. The van der Waals surface area contributed by atoms with Crippen molar-refractivity contribution in [2.75, 3.05) is 0 Å². The van der Waals surface area contributed by atoms with Gasteiger partial charge in [0.15, 0.2) is 5.57 Å². The SMILES string of the molecule is C=Cc1ccc2c(c1)c1cc(C=C)ccc1n2-c1cnc(P(=O)(c2ccccc2)c2ccccc2)nc1. The summed E-state index contributed by atoms with van der Waals surface area (Å²) in [7, 11) is -3.24. The number of nitrogens with zero attached hydrogens (tertiary/aromatic N) is 3. The van der Waals surface area contributed by atoms with Crippen LogP contribution in [0.1, 0.15) is 11.1 Å². The molecule has 4 aromatic carbocycles. The molecule has 4 nitrogen and oxygen atoms in total. The van der Waals surface area contributed by atoms with Crippen LogP contribution >= 0.6 is 7.14 Å². The van der Waals surface area contributed by atoms with Crippen LogP contribution in [-0.2, 0) is 4.57 Å². The third-order valence-corrected chi connectivity index (χ3v) is 9.53. The zero-order chi connectivity index (χ0) is 25.4. The van der Waals surface area contributed by atoms with Crippen LogP contribution in [0.2, 0.25) is 0 Å². The van der Waals surface area contributed by atoms with Gasteiger partial charge in [0, 0.05) is 21.4 Å². The third-order valence-electron chi connectivity index (χ3n) is 6.69. The largest absolute Gasteiger partial charge is 0.306 e. The molecule has 2 aromatic heterocycles. The van der Waals surface area contributed by atoms with E-state index in [2.05, 4.69) is 42.0 Å². The first-order valence-corrected chi connectivity index (χ1v) is 13.7. The first-order chi connectivity index (χ1) is 18.1. The van der Waals surface area contributed by atoms with Crippen LogP contribution in [0.15, 0.2) is 123 Å².